The van der Waals surface area contributed by atoms with Gasteiger partial charge in [0.2, 0.25) is 0 Å². The molecule has 0 bridgehead atoms. The van der Waals surface area contributed by atoms with E-state index in [4.69, 9.17) is 28.4 Å². The molecule has 0 amide bonds. The summed E-state index contributed by atoms with van der Waals surface area (Å²) in [6, 6.07) is 8.99. The lowest BCUT2D eigenvalue weighted by Gasteiger charge is -2.20. The summed E-state index contributed by atoms with van der Waals surface area (Å²) in [4.78, 5) is 8.78. The van der Waals surface area contributed by atoms with Gasteiger partial charge >= 0.3 is 0 Å². The lowest BCUT2D eigenvalue weighted by atomic mass is 10.1. The van der Waals surface area contributed by atoms with Crippen molar-refractivity contribution >= 4 is 22.4 Å². The van der Waals surface area contributed by atoms with Crippen LogP contribution in [0.2, 0.25) is 0 Å². The Balaban J connectivity index is 1.47. The van der Waals surface area contributed by atoms with Crippen molar-refractivity contribution in [2.45, 2.75) is 24.5 Å². The average Bonchev–Trinajstić information content (AvgIpc) is 3.41. The monoisotopic (exact) mass is 457 g/mol. The SMILES string of the molecule is COc1ccc(OC)c(Nc2ncnc3cc(O[C@@H]4CO[C@@H]5[C@H]4OC[C@H]5F)c(OC)cc23)c1. The van der Waals surface area contributed by atoms with Crippen LogP contribution in [0.15, 0.2) is 36.7 Å². The number of ether oxygens (including phenoxy) is 6. The summed E-state index contributed by atoms with van der Waals surface area (Å²) in [7, 11) is 4.74. The van der Waals surface area contributed by atoms with E-state index in [1.54, 1.807) is 39.5 Å². The first-order valence-electron chi connectivity index (χ1n) is 10.5. The van der Waals surface area contributed by atoms with Crippen molar-refractivity contribution < 1.29 is 32.8 Å². The summed E-state index contributed by atoms with van der Waals surface area (Å²) in [5, 5.41) is 4.00. The van der Waals surface area contributed by atoms with Crippen LogP contribution in [0.5, 0.6) is 23.0 Å². The van der Waals surface area contributed by atoms with Gasteiger partial charge in [-0.2, -0.15) is 0 Å². The first-order chi connectivity index (χ1) is 16.1. The Hall–Kier alpha value is -3.37. The molecule has 0 unspecified atom stereocenters. The van der Waals surface area contributed by atoms with Gasteiger partial charge in [-0.1, -0.05) is 0 Å². The van der Waals surface area contributed by atoms with Crippen molar-refractivity contribution in [3.63, 3.8) is 0 Å². The average molecular weight is 457 g/mol. The van der Waals surface area contributed by atoms with E-state index < -0.39 is 24.5 Å². The first kappa shape index (κ1) is 21.5. The van der Waals surface area contributed by atoms with Crippen molar-refractivity contribution in [3.05, 3.63) is 36.7 Å². The number of nitrogens with one attached hydrogen (secondary N) is 1. The molecule has 1 N–H and O–H groups in total. The molecule has 2 aliphatic rings. The minimum Gasteiger partial charge on any atom is -0.497 e. The summed E-state index contributed by atoms with van der Waals surface area (Å²) in [6.45, 7) is 0.253. The van der Waals surface area contributed by atoms with Crippen molar-refractivity contribution in [3.8, 4) is 23.0 Å². The number of hydrogen-bond acceptors (Lipinski definition) is 9. The van der Waals surface area contributed by atoms with Crippen LogP contribution < -0.4 is 24.3 Å². The molecule has 0 spiro atoms. The highest BCUT2D eigenvalue weighted by molar-refractivity contribution is 5.93. The second-order valence-corrected chi connectivity index (χ2v) is 7.70. The van der Waals surface area contributed by atoms with Gasteiger partial charge in [0.25, 0.3) is 0 Å². The van der Waals surface area contributed by atoms with E-state index in [1.807, 2.05) is 12.1 Å². The summed E-state index contributed by atoms with van der Waals surface area (Å²) in [6.07, 6.45) is -1.18. The number of methoxy groups -OCH3 is 3. The maximum Gasteiger partial charge on any atom is 0.164 e. The topological polar surface area (TPSA) is 93.2 Å². The van der Waals surface area contributed by atoms with Gasteiger partial charge in [0.15, 0.2) is 23.8 Å². The number of fused-ring (bicyclic) bond motifs is 2. The van der Waals surface area contributed by atoms with Crippen molar-refractivity contribution in [1.29, 1.82) is 0 Å². The number of aromatic nitrogens is 2. The van der Waals surface area contributed by atoms with Crippen molar-refractivity contribution in [2.75, 3.05) is 39.9 Å². The second-order valence-electron chi connectivity index (χ2n) is 7.70. The van der Waals surface area contributed by atoms with Crippen molar-refractivity contribution in [2.24, 2.45) is 0 Å². The highest BCUT2D eigenvalue weighted by atomic mass is 19.1. The predicted octanol–water partition coefficient (Wildman–Crippen LogP) is 3.28. The van der Waals surface area contributed by atoms with Gasteiger partial charge in [-0.25, -0.2) is 14.4 Å². The highest BCUT2D eigenvalue weighted by Crippen LogP contribution is 2.39. The molecule has 2 aliphatic heterocycles. The molecule has 2 saturated heterocycles. The number of nitrogens with zero attached hydrogens (tertiary/aromatic N) is 2. The van der Waals surface area contributed by atoms with E-state index >= 15 is 0 Å². The molecule has 3 heterocycles. The third-order valence-electron chi connectivity index (χ3n) is 5.81. The molecule has 174 valence electrons. The predicted molar refractivity (Wildman–Crippen MR) is 118 cm³/mol. The zero-order valence-corrected chi connectivity index (χ0v) is 18.4. The number of hydrogen-bond donors (Lipinski definition) is 1. The zero-order valence-electron chi connectivity index (χ0n) is 18.4. The van der Waals surface area contributed by atoms with Gasteiger partial charge in [-0.15, -0.1) is 0 Å². The van der Waals surface area contributed by atoms with Crippen LogP contribution in [0.4, 0.5) is 15.9 Å². The molecule has 0 aliphatic carbocycles. The minimum atomic E-state index is -1.14. The summed E-state index contributed by atoms with van der Waals surface area (Å²) in [5.41, 5.74) is 1.32. The third kappa shape index (κ3) is 3.96. The van der Waals surface area contributed by atoms with Crippen LogP contribution in [0, 0.1) is 0 Å². The molecule has 33 heavy (non-hydrogen) atoms. The molecular weight excluding hydrogens is 433 g/mol. The van der Waals surface area contributed by atoms with E-state index in [2.05, 4.69) is 15.3 Å². The number of halogens is 1. The molecule has 0 saturated carbocycles. The van der Waals surface area contributed by atoms with Gasteiger partial charge in [-0.3, -0.25) is 0 Å². The molecule has 10 heteroatoms. The maximum atomic E-state index is 13.9. The Morgan fingerprint density at radius 2 is 1.73 bits per heavy atom. The lowest BCUT2D eigenvalue weighted by Crippen LogP contribution is -2.33. The molecule has 3 aromatic rings. The van der Waals surface area contributed by atoms with E-state index in [0.29, 0.717) is 45.4 Å². The third-order valence-corrected chi connectivity index (χ3v) is 5.81. The fraction of sp³-hybridized carbons (Fsp3) is 0.391. The fourth-order valence-corrected chi connectivity index (χ4v) is 4.14. The number of rotatable bonds is 7. The number of alkyl halides is 1. The summed E-state index contributed by atoms with van der Waals surface area (Å²) >= 11 is 0. The molecule has 2 aromatic carbocycles. The standard InChI is InChI=1S/C23H24FN3O6/c1-28-12-4-5-17(29-2)16(6-12)27-23-13-7-18(30-3)19(8-15(13)25-11-26-23)33-20-10-32-21-14(24)9-31-22(20)21/h4-8,11,14,20-22H,9-10H2,1-3H3,(H,25,26,27)/t14-,20-,21+,22+/m1/s1. The van der Waals surface area contributed by atoms with Crippen molar-refractivity contribution in [1.82, 2.24) is 9.97 Å². The summed E-state index contributed by atoms with van der Waals surface area (Å²) < 4.78 is 47.5. The van der Waals surface area contributed by atoms with Crippen LogP contribution in [0.3, 0.4) is 0 Å². The van der Waals surface area contributed by atoms with E-state index in [9.17, 15) is 4.39 Å². The van der Waals surface area contributed by atoms with E-state index in [-0.39, 0.29) is 13.2 Å². The molecule has 0 radical (unpaired) electrons. The molecule has 9 nitrogen and oxygen atoms in total. The zero-order chi connectivity index (χ0) is 22.9. The Kier molecular flexibility index (Phi) is 5.77. The van der Waals surface area contributed by atoms with Gasteiger partial charge < -0.3 is 33.7 Å². The lowest BCUT2D eigenvalue weighted by molar-refractivity contribution is 0.0271. The van der Waals surface area contributed by atoms with E-state index in [1.165, 1.54) is 6.33 Å². The Morgan fingerprint density at radius 1 is 0.909 bits per heavy atom. The van der Waals surface area contributed by atoms with E-state index in [0.717, 1.165) is 0 Å². The number of anilines is 2. The maximum absolute atomic E-state index is 13.9. The van der Waals surface area contributed by atoms with Crippen LogP contribution >= 0.6 is 0 Å². The van der Waals surface area contributed by atoms with Gasteiger partial charge in [0.1, 0.15) is 35.9 Å². The molecule has 1 aromatic heterocycles. The fourth-order valence-electron chi connectivity index (χ4n) is 4.14. The van der Waals surface area contributed by atoms with Gasteiger partial charge in [0.05, 0.1) is 45.7 Å². The Labute approximate surface area is 189 Å². The van der Waals surface area contributed by atoms with Crippen LogP contribution in [-0.4, -0.2) is 69.0 Å². The quantitative estimate of drug-likeness (QED) is 0.574. The van der Waals surface area contributed by atoms with Gasteiger partial charge in [0, 0.05) is 17.5 Å². The second kappa shape index (κ2) is 8.87. The number of benzene rings is 2. The smallest absolute Gasteiger partial charge is 0.164 e. The van der Waals surface area contributed by atoms with Crippen LogP contribution in [-0.2, 0) is 9.47 Å². The molecule has 5 rings (SSSR count). The Bertz CT molecular complexity index is 1160. The largest absolute Gasteiger partial charge is 0.497 e. The summed E-state index contributed by atoms with van der Waals surface area (Å²) in [5.74, 6) is 2.81. The van der Waals surface area contributed by atoms with Crippen LogP contribution in [0.1, 0.15) is 0 Å². The first-order valence-corrected chi connectivity index (χ1v) is 10.5. The molecule has 2 fully saturated rings. The molecule has 4 atom stereocenters. The van der Waals surface area contributed by atoms with Crippen LogP contribution in [0.25, 0.3) is 10.9 Å². The normalized spacial score (nSPS) is 23.9. The van der Waals surface area contributed by atoms with Gasteiger partial charge in [-0.05, 0) is 18.2 Å². The highest BCUT2D eigenvalue weighted by Gasteiger charge is 2.49. The molecular formula is C23H24FN3O6. The Morgan fingerprint density at radius 3 is 2.52 bits per heavy atom. The minimum absolute atomic E-state index is 0.0139.